The molecule has 1 aromatic carbocycles. The van der Waals surface area contributed by atoms with E-state index >= 15 is 0 Å². The zero-order valence-corrected chi connectivity index (χ0v) is 13.2. The summed E-state index contributed by atoms with van der Waals surface area (Å²) in [6.07, 6.45) is 4.02. The Morgan fingerprint density at radius 3 is 2.55 bits per heavy atom. The second-order valence-electron chi connectivity index (χ2n) is 5.70. The first-order valence-electron chi connectivity index (χ1n) is 7.61. The van der Waals surface area contributed by atoms with Crippen molar-refractivity contribution in [1.29, 1.82) is 0 Å². The van der Waals surface area contributed by atoms with Crippen molar-refractivity contribution in [2.24, 2.45) is 0 Å². The molecule has 2 fully saturated rings. The van der Waals surface area contributed by atoms with E-state index in [1.54, 1.807) is 6.08 Å². The van der Waals surface area contributed by atoms with Gasteiger partial charge in [0.15, 0.2) is 0 Å². The van der Waals surface area contributed by atoms with Crippen molar-refractivity contribution in [3.8, 4) is 0 Å². The summed E-state index contributed by atoms with van der Waals surface area (Å²) in [5.41, 5.74) is 0.862. The first-order chi connectivity index (χ1) is 10.6. The topological polar surface area (TPSA) is 64.6 Å². The van der Waals surface area contributed by atoms with Gasteiger partial charge in [-0.05, 0) is 30.9 Å². The second kappa shape index (κ2) is 6.91. The van der Waals surface area contributed by atoms with Gasteiger partial charge in [0.1, 0.15) is 0 Å². The minimum Gasteiger partial charge on any atom is -0.373 e. The largest absolute Gasteiger partial charge is 0.373 e. The van der Waals surface area contributed by atoms with E-state index in [1.807, 2.05) is 30.3 Å². The number of ether oxygens (including phenoxy) is 2. The molecule has 6 heteroatoms. The minimum absolute atomic E-state index is 0.00769. The fourth-order valence-corrected chi connectivity index (χ4v) is 4.07. The number of hydrogen-bond acceptors (Lipinski definition) is 4. The van der Waals surface area contributed by atoms with Crippen LogP contribution >= 0.6 is 0 Å². The number of rotatable bonds is 4. The smallest absolute Gasteiger partial charge is 0.233 e. The first-order valence-corrected chi connectivity index (χ1v) is 9.16. The van der Waals surface area contributed by atoms with Crippen LogP contribution in [-0.2, 0) is 19.5 Å². The molecular weight excluding hydrogens is 302 g/mol. The summed E-state index contributed by atoms with van der Waals surface area (Å²) < 4.78 is 38.4. The minimum atomic E-state index is -3.44. The fraction of sp³-hybridized carbons (Fsp3) is 0.500. The Morgan fingerprint density at radius 2 is 1.77 bits per heavy atom. The summed E-state index contributed by atoms with van der Waals surface area (Å²) in [6.45, 7) is 1.23. The molecule has 3 rings (SSSR count). The summed E-state index contributed by atoms with van der Waals surface area (Å²) >= 11 is 0. The lowest BCUT2D eigenvalue weighted by molar-refractivity contribution is -0.156. The molecule has 1 heterocycles. The Bertz CT molecular complexity index is 614. The third kappa shape index (κ3) is 4.16. The first kappa shape index (κ1) is 15.7. The number of benzene rings is 1. The van der Waals surface area contributed by atoms with Gasteiger partial charge in [0, 0.05) is 11.4 Å². The number of fused-ring (bicyclic) bond motifs is 1. The molecular formula is C16H21NO4S. The van der Waals surface area contributed by atoms with Gasteiger partial charge in [-0.2, -0.15) is 0 Å². The van der Waals surface area contributed by atoms with E-state index in [-0.39, 0.29) is 18.2 Å². The second-order valence-corrected chi connectivity index (χ2v) is 7.30. The Balaban J connectivity index is 1.58. The van der Waals surface area contributed by atoms with Gasteiger partial charge in [0.05, 0.1) is 25.4 Å². The number of sulfonamides is 1. The van der Waals surface area contributed by atoms with Crippen molar-refractivity contribution in [2.75, 3.05) is 13.2 Å². The highest BCUT2D eigenvalue weighted by Gasteiger charge is 2.35. The molecule has 0 amide bonds. The van der Waals surface area contributed by atoms with Crippen LogP contribution in [0.5, 0.6) is 0 Å². The summed E-state index contributed by atoms with van der Waals surface area (Å²) in [5.74, 6) is 0. The van der Waals surface area contributed by atoms with Gasteiger partial charge in [-0.1, -0.05) is 30.3 Å². The van der Waals surface area contributed by atoms with E-state index in [9.17, 15) is 8.42 Å². The lowest BCUT2D eigenvalue weighted by Crippen LogP contribution is -2.48. The highest BCUT2D eigenvalue weighted by Crippen LogP contribution is 2.27. The van der Waals surface area contributed by atoms with Crippen LogP contribution in [0.15, 0.2) is 35.7 Å². The van der Waals surface area contributed by atoms with Crippen LogP contribution in [-0.4, -0.2) is 39.9 Å². The molecule has 1 aliphatic carbocycles. The zero-order valence-electron chi connectivity index (χ0n) is 12.4. The zero-order chi connectivity index (χ0) is 15.4. The molecule has 22 heavy (non-hydrogen) atoms. The molecule has 1 saturated heterocycles. The molecule has 0 aromatic heterocycles. The molecule has 3 atom stereocenters. The maximum Gasteiger partial charge on any atom is 0.233 e. The maximum absolute atomic E-state index is 12.2. The van der Waals surface area contributed by atoms with Crippen LogP contribution in [0.25, 0.3) is 6.08 Å². The fourth-order valence-electron chi connectivity index (χ4n) is 2.98. The van der Waals surface area contributed by atoms with Crippen molar-refractivity contribution >= 4 is 16.1 Å². The molecule has 2 aliphatic rings. The highest BCUT2D eigenvalue weighted by atomic mass is 32.2. The van der Waals surface area contributed by atoms with Crippen LogP contribution in [0.4, 0.5) is 0 Å². The number of nitrogens with one attached hydrogen (secondary N) is 1. The van der Waals surface area contributed by atoms with Crippen molar-refractivity contribution in [2.45, 2.75) is 37.5 Å². The highest BCUT2D eigenvalue weighted by molar-refractivity contribution is 7.92. The third-order valence-corrected chi connectivity index (χ3v) is 5.20. The van der Waals surface area contributed by atoms with E-state index in [2.05, 4.69) is 4.72 Å². The van der Waals surface area contributed by atoms with Gasteiger partial charge < -0.3 is 9.47 Å². The molecule has 3 unspecified atom stereocenters. The molecule has 1 saturated carbocycles. The van der Waals surface area contributed by atoms with Gasteiger partial charge in [0.25, 0.3) is 0 Å². The van der Waals surface area contributed by atoms with Crippen molar-refractivity contribution in [3.05, 3.63) is 41.3 Å². The van der Waals surface area contributed by atoms with E-state index in [0.29, 0.717) is 19.6 Å². The van der Waals surface area contributed by atoms with Crippen LogP contribution in [0.3, 0.4) is 0 Å². The van der Waals surface area contributed by atoms with Gasteiger partial charge in [-0.25, -0.2) is 13.1 Å². The van der Waals surface area contributed by atoms with Gasteiger partial charge in [-0.15, -0.1) is 0 Å². The van der Waals surface area contributed by atoms with E-state index in [0.717, 1.165) is 18.4 Å². The molecule has 1 aromatic rings. The molecule has 120 valence electrons. The van der Waals surface area contributed by atoms with Gasteiger partial charge in [-0.3, -0.25) is 0 Å². The lowest BCUT2D eigenvalue weighted by Gasteiger charge is -2.38. The SMILES string of the molecule is O=S(=O)(/C=C/c1ccccc1)NC1CCC2OCCOC2C1. The van der Waals surface area contributed by atoms with Crippen LogP contribution in [0.1, 0.15) is 24.8 Å². The lowest BCUT2D eigenvalue weighted by atomic mass is 9.90. The Labute approximate surface area is 131 Å². The Kier molecular flexibility index (Phi) is 4.93. The van der Waals surface area contributed by atoms with Crippen LogP contribution in [0.2, 0.25) is 0 Å². The summed E-state index contributed by atoms with van der Waals surface area (Å²) in [6, 6.07) is 9.29. The van der Waals surface area contributed by atoms with E-state index in [1.165, 1.54) is 5.41 Å². The quantitative estimate of drug-likeness (QED) is 0.919. The van der Waals surface area contributed by atoms with Crippen LogP contribution in [0, 0.1) is 0 Å². The molecule has 1 aliphatic heterocycles. The van der Waals surface area contributed by atoms with Gasteiger partial charge in [0.2, 0.25) is 10.0 Å². The van der Waals surface area contributed by atoms with Crippen molar-refractivity contribution in [3.63, 3.8) is 0 Å². The molecule has 0 radical (unpaired) electrons. The summed E-state index contributed by atoms with van der Waals surface area (Å²) in [4.78, 5) is 0. The predicted molar refractivity (Wildman–Crippen MR) is 84.7 cm³/mol. The average Bonchev–Trinajstić information content (AvgIpc) is 2.54. The molecule has 5 nitrogen and oxygen atoms in total. The predicted octanol–water partition coefficient (Wildman–Crippen LogP) is 1.91. The molecule has 0 bridgehead atoms. The van der Waals surface area contributed by atoms with E-state index < -0.39 is 10.0 Å². The van der Waals surface area contributed by atoms with Crippen molar-refractivity contribution < 1.29 is 17.9 Å². The average molecular weight is 323 g/mol. The summed E-state index contributed by atoms with van der Waals surface area (Å²) in [7, 11) is -3.44. The van der Waals surface area contributed by atoms with Crippen LogP contribution < -0.4 is 4.72 Å². The standard InChI is InChI=1S/C16H21NO4S/c18-22(19,11-8-13-4-2-1-3-5-13)17-14-6-7-15-16(12-14)21-10-9-20-15/h1-5,8,11,14-17H,6-7,9-10,12H2/b11-8+. The molecule has 0 spiro atoms. The Hall–Kier alpha value is -1.21. The Morgan fingerprint density at radius 1 is 1.05 bits per heavy atom. The van der Waals surface area contributed by atoms with Crippen molar-refractivity contribution in [1.82, 2.24) is 4.72 Å². The van der Waals surface area contributed by atoms with Gasteiger partial charge >= 0.3 is 0 Å². The maximum atomic E-state index is 12.2. The normalized spacial score (nSPS) is 29.4. The monoisotopic (exact) mass is 323 g/mol. The van der Waals surface area contributed by atoms with E-state index in [4.69, 9.17) is 9.47 Å². The number of hydrogen-bond donors (Lipinski definition) is 1. The third-order valence-electron chi connectivity index (χ3n) is 4.05. The molecule has 1 N–H and O–H groups in total. The summed E-state index contributed by atoms with van der Waals surface area (Å²) in [5, 5.41) is 1.23.